The number of halogens is 2. The SMILES string of the molecule is CCOC(=O)C[C@H](N)c1cc(-c2c(C)cccc2F)cc(C)c1F. The van der Waals surface area contributed by atoms with Crippen LogP contribution in [0, 0.1) is 25.5 Å². The minimum atomic E-state index is -0.852. The number of hydrogen-bond donors (Lipinski definition) is 1. The lowest BCUT2D eigenvalue weighted by Crippen LogP contribution is -2.19. The standard InChI is InChI=1S/C19H21F2NO2/c1-4-24-17(23)10-16(22)14-9-13(8-12(3)19(14)21)18-11(2)6-5-7-15(18)20/h5-9,16H,4,10,22H2,1-3H3/t16-/m0/s1. The Balaban J connectivity index is 2.47. The van der Waals surface area contributed by atoms with Gasteiger partial charge < -0.3 is 10.5 Å². The normalized spacial score (nSPS) is 12.1. The molecule has 0 amide bonds. The predicted molar refractivity (Wildman–Crippen MR) is 89.4 cm³/mol. The third kappa shape index (κ3) is 3.79. The van der Waals surface area contributed by atoms with E-state index in [1.54, 1.807) is 39.0 Å². The third-order valence-electron chi connectivity index (χ3n) is 3.88. The van der Waals surface area contributed by atoms with E-state index in [1.807, 2.05) is 0 Å². The number of rotatable bonds is 5. The van der Waals surface area contributed by atoms with Crippen molar-refractivity contribution in [2.24, 2.45) is 5.73 Å². The van der Waals surface area contributed by atoms with Crippen LogP contribution >= 0.6 is 0 Å². The van der Waals surface area contributed by atoms with Crippen LogP contribution in [0.3, 0.4) is 0 Å². The summed E-state index contributed by atoms with van der Waals surface area (Å²) >= 11 is 0. The van der Waals surface area contributed by atoms with Crippen molar-refractivity contribution in [3.8, 4) is 11.1 Å². The zero-order valence-electron chi connectivity index (χ0n) is 14.0. The number of esters is 1. The predicted octanol–water partition coefficient (Wildman–Crippen LogP) is 4.20. The molecule has 0 aliphatic rings. The Kier molecular flexibility index (Phi) is 5.67. The van der Waals surface area contributed by atoms with Gasteiger partial charge in [-0.05, 0) is 55.7 Å². The molecule has 2 N–H and O–H groups in total. The van der Waals surface area contributed by atoms with Crippen LogP contribution in [0.15, 0.2) is 30.3 Å². The van der Waals surface area contributed by atoms with Crippen LogP contribution in [0.25, 0.3) is 11.1 Å². The fourth-order valence-corrected chi connectivity index (χ4v) is 2.72. The van der Waals surface area contributed by atoms with Gasteiger partial charge in [0.15, 0.2) is 0 Å². The molecule has 24 heavy (non-hydrogen) atoms. The molecule has 0 aliphatic heterocycles. The lowest BCUT2D eigenvalue weighted by Gasteiger charge is -2.17. The first-order chi connectivity index (χ1) is 11.3. The fourth-order valence-electron chi connectivity index (χ4n) is 2.72. The molecule has 0 unspecified atom stereocenters. The molecule has 3 nitrogen and oxygen atoms in total. The molecular formula is C19H21F2NO2. The molecule has 0 heterocycles. The monoisotopic (exact) mass is 333 g/mol. The number of carbonyl (C=O) groups is 1. The maximum Gasteiger partial charge on any atom is 0.307 e. The second kappa shape index (κ2) is 7.53. The maximum atomic E-state index is 14.5. The first kappa shape index (κ1) is 18.1. The summed E-state index contributed by atoms with van der Waals surface area (Å²) in [5.74, 6) is -1.36. The number of nitrogens with two attached hydrogens (primary N) is 1. The molecule has 128 valence electrons. The number of hydrogen-bond acceptors (Lipinski definition) is 3. The van der Waals surface area contributed by atoms with E-state index >= 15 is 0 Å². The van der Waals surface area contributed by atoms with E-state index < -0.39 is 17.8 Å². The molecule has 2 aromatic carbocycles. The summed E-state index contributed by atoms with van der Waals surface area (Å²) in [5.41, 5.74) is 8.21. The Hall–Kier alpha value is -2.27. The molecule has 1 atom stereocenters. The molecule has 2 aromatic rings. The fraction of sp³-hybridized carbons (Fsp3) is 0.316. The van der Waals surface area contributed by atoms with E-state index in [2.05, 4.69) is 0 Å². The van der Waals surface area contributed by atoms with Crippen molar-refractivity contribution in [3.05, 3.63) is 58.7 Å². The zero-order chi connectivity index (χ0) is 17.9. The molecule has 0 bridgehead atoms. The van der Waals surface area contributed by atoms with E-state index in [9.17, 15) is 13.6 Å². The van der Waals surface area contributed by atoms with Gasteiger partial charge in [0.05, 0.1) is 13.0 Å². The molecule has 5 heteroatoms. The molecule has 2 rings (SSSR count). The van der Waals surface area contributed by atoms with Crippen LogP contribution in [-0.2, 0) is 9.53 Å². The van der Waals surface area contributed by atoms with E-state index in [4.69, 9.17) is 10.5 Å². The van der Waals surface area contributed by atoms with Crippen molar-refractivity contribution in [2.75, 3.05) is 6.61 Å². The Labute approximate surface area is 140 Å². The highest BCUT2D eigenvalue weighted by molar-refractivity contribution is 5.72. The molecule has 0 fully saturated rings. The third-order valence-corrected chi connectivity index (χ3v) is 3.88. The van der Waals surface area contributed by atoms with E-state index in [0.29, 0.717) is 16.7 Å². The van der Waals surface area contributed by atoms with Gasteiger partial charge in [-0.2, -0.15) is 0 Å². The van der Waals surface area contributed by atoms with Crippen LogP contribution < -0.4 is 5.73 Å². The van der Waals surface area contributed by atoms with Gasteiger partial charge in [0, 0.05) is 17.2 Å². The average molecular weight is 333 g/mol. The summed E-state index contributed by atoms with van der Waals surface area (Å²) in [5, 5.41) is 0. The van der Waals surface area contributed by atoms with Crippen LogP contribution in [0.4, 0.5) is 8.78 Å². The summed E-state index contributed by atoms with van der Waals surface area (Å²) in [6.45, 7) is 5.31. The molecule has 0 saturated heterocycles. The summed E-state index contributed by atoms with van der Waals surface area (Å²) in [6, 6.07) is 7.01. The Bertz CT molecular complexity index is 739. The highest BCUT2D eigenvalue weighted by Crippen LogP contribution is 2.32. The largest absolute Gasteiger partial charge is 0.466 e. The Morgan fingerprint density at radius 1 is 1.21 bits per heavy atom. The lowest BCUT2D eigenvalue weighted by atomic mass is 9.93. The van der Waals surface area contributed by atoms with Crippen LogP contribution in [0.5, 0.6) is 0 Å². The first-order valence-electron chi connectivity index (χ1n) is 7.81. The van der Waals surface area contributed by atoms with Crippen LogP contribution in [-0.4, -0.2) is 12.6 Å². The smallest absolute Gasteiger partial charge is 0.307 e. The Morgan fingerprint density at radius 3 is 2.54 bits per heavy atom. The number of ether oxygens (including phenoxy) is 1. The molecule has 0 spiro atoms. The molecule has 0 radical (unpaired) electrons. The van der Waals surface area contributed by atoms with Crippen molar-refractivity contribution >= 4 is 5.97 Å². The molecular weight excluding hydrogens is 312 g/mol. The van der Waals surface area contributed by atoms with Gasteiger partial charge in [-0.3, -0.25) is 4.79 Å². The molecule has 0 aliphatic carbocycles. The van der Waals surface area contributed by atoms with Gasteiger partial charge in [-0.25, -0.2) is 8.78 Å². The van der Waals surface area contributed by atoms with Gasteiger partial charge in [0.1, 0.15) is 11.6 Å². The van der Waals surface area contributed by atoms with Crippen LogP contribution in [0.2, 0.25) is 0 Å². The summed E-state index contributed by atoms with van der Waals surface area (Å²) < 4.78 is 33.5. The minimum absolute atomic E-state index is 0.135. The molecule has 0 saturated carbocycles. The van der Waals surface area contributed by atoms with E-state index in [1.165, 1.54) is 12.1 Å². The minimum Gasteiger partial charge on any atom is -0.466 e. The molecule has 0 aromatic heterocycles. The summed E-state index contributed by atoms with van der Waals surface area (Å²) in [4.78, 5) is 11.6. The maximum absolute atomic E-state index is 14.5. The van der Waals surface area contributed by atoms with Gasteiger partial charge >= 0.3 is 5.97 Å². The van der Waals surface area contributed by atoms with Crippen molar-refractivity contribution < 1.29 is 18.3 Å². The van der Waals surface area contributed by atoms with Gasteiger partial charge in [-0.15, -0.1) is 0 Å². The number of aryl methyl sites for hydroxylation is 2. The quantitative estimate of drug-likeness (QED) is 0.834. The van der Waals surface area contributed by atoms with Crippen molar-refractivity contribution in [1.29, 1.82) is 0 Å². The van der Waals surface area contributed by atoms with Gasteiger partial charge in [0.25, 0.3) is 0 Å². The van der Waals surface area contributed by atoms with Crippen molar-refractivity contribution in [2.45, 2.75) is 33.2 Å². The van der Waals surface area contributed by atoms with E-state index in [-0.39, 0.29) is 24.4 Å². The summed E-state index contributed by atoms with van der Waals surface area (Å²) in [7, 11) is 0. The van der Waals surface area contributed by atoms with Gasteiger partial charge in [0.2, 0.25) is 0 Å². The average Bonchev–Trinajstić information content (AvgIpc) is 2.50. The first-order valence-corrected chi connectivity index (χ1v) is 7.81. The van der Waals surface area contributed by atoms with Crippen molar-refractivity contribution in [1.82, 2.24) is 0 Å². The van der Waals surface area contributed by atoms with E-state index in [0.717, 1.165) is 5.56 Å². The van der Waals surface area contributed by atoms with Crippen molar-refractivity contribution in [3.63, 3.8) is 0 Å². The Morgan fingerprint density at radius 2 is 1.92 bits per heavy atom. The number of carbonyl (C=O) groups excluding carboxylic acids is 1. The van der Waals surface area contributed by atoms with Gasteiger partial charge in [-0.1, -0.05) is 12.1 Å². The lowest BCUT2D eigenvalue weighted by molar-refractivity contribution is -0.143. The summed E-state index contributed by atoms with van der Waals surface area (Å²) in [6.07, 6.45) is -0.135. The van der Waals surface area contributed by atoms with Crippen LogP contribution in [0.1, 0.15) is 36.1 Å². The highest BCUT2D eigenvalue weighted by atomic mass is 19.1. The zero-order valence-corrected chi connectivity index (χ0v) is 14.0. The number of benzene rings is 2. The second-order valence-electron chi connectivity index (χ2n) is 5.74. The second-order valence-corrected chi connectivity index (χ2v) is 5.74. The topological polar surface area (TPSA) is 52.3 Å². The highest BCUT2D eigenvalue weighted by Gasteiger charge is 2.20.